The molecule has 2 atom stereocenters. The summed E-state index contributed by atoms with van der Waals surface area (Å²) in [6, 6.07) is 12.1. The van der Waals surface area contributed by atoms with Crippen LogP contribution in [0.15, 0.2) is 48.8 Å². The Morgan fingerprint density at radius 2 is 1.93 bits per heavy atom. The summed E-state index contributed by atoms with van der Waals surface area (Å²) in [4.78, 5) is 15.7. The van der Waals surface area contributed by atoms with Gasteiger partial charge in [0, 0.05) is 18.9 Å². The normalized spacial score (nSPS) is 24.9. The standard InChI is InChI=1S/C20H26N4O2.ClH/c1-16-14-23(15-18(26-16)17-6-3-2-4-7-17)19(25)20(8-11-21-12-9-20)24-13-5-10-22-24;/h2-7,10,13,16,18,21H,8-9,11-12,14-15H2,1H3;1H. The maximum atomic E-state index is 13.7. The Bertz CT molecular complexity index is 732. The lowest BCUT2D eigenvalue weighted by Gasteiger charge is -2.44. The molecular formula is C20H27ClN4O2. The van der Waals surface area contributed by atoms with Crippen molar-refractivity contribution in [1.29, 1.82) is 0 Å². The van der Waals surface area contributed by atoms with Crippen molar-refractivity contribution in [2.45, 2.75) is 37.5 Å². The Morgan fingerprint density at radius 3 is 2.59 bits per heavy atom. The van der Waals surface area contributed by atoms with Crippen LogP contribution in [-0.2, 0) is 15.1 Å². The summed E-state index contributed by atoms with van der Waals surface area (Å²) in [5.41, 5.74) is 0.530. The highest BCUT2D eigenvalue weighted by Gasteiger charge is 2.46. The van der Waals surface area contributed by atoms with Crippen molar-refractivity contribution in [2.75, 3.05) is 26.2 Å². The van der Waals surface area contributed by atoms with Gasteiger partial charge in [0.05, 0.1) is 12.6 Å². The van der Waals surface area contributed by atoms with E-state index in [4.69, 9.17) is 4.74 Å². The Hall–Kier alpha value is -1.89. The van der Waals surface area contributed by atoms with E-state index in [1.165, 1.54) is 0 Å². The number of rotatable bonds is 3. The van der Waals surface area contributed by atoms with Gasteiger partial charge >= 0.3 is 0 Å². The summed E-state index contributed by atoms with van der Waals surface area (Å²) in [6.07, 6.45) is 5.12. The lowest BCUT2D eigenvalue weighted by molar-refractivity contribution is -0.156. The molecule has 146 valence electrons. The van der Waals surface area contributed by atoms with E-state index in [-0.39, 0.29) is 30.5 Å². The first-order valence-electron chi connectivity index (χ1n) is 9.40. The molecule has 0 saturated carbocycles. The third-order valence-corrected chi connectivity index (χ3v) is 5.49. The van der Waals surface area contributed by atoms with Gasteiger partial charge in [0.2, 0.25) is 0 Å². The highest BCUT2D eigenvalue weighted by Crippen LogP contribution is 2.33. The topological polar surface area (TPSA) is 59.4 Å². The molecule has 1 aromatic carbocycles. The van der Waals surface area contributed by atoms with E-state index in [9.17, 15) is 4.79 Å². The summed E-state index contributed by atoms with van der Waals surface area (Å²) in [5.74, 6) is 0.166. The zero-order valence-electron chi connectivity index (χ0n) is 15.6. The van der Waals surface area contributed by atoms with Gasteiger partial charge in [-0.15, -0.1) is 12.4 Å². The van der Waals surface area contributed by atoms with Crippen LogP contribution < -0.4 is 5.32 Å². The predicted molar refractivity (Wildman–Crippen MR) is 106 cm³/mol. The SMILES string of the molecule is CC1CN(C(=O)C2(n3cccn3)CCNCC2)CC(c2ccccc2)O1.Cl. The number of halogens is 1. The molecule has 3 heterocycles. The van der Waals surface area contributed by atoms with E-state index in [0.717, 1.165) is 31.5 Å². The smallest absolute Gasteiger partial charge is 0.250 e. The first kappa shape index (κ1) is 19.9. The molecule has 2 aliphatic heterocycles. The third kappa shape index (κ3) is 3.88. The monoisotopic (exact) mass is 390 g/mol. The number of nitrogens with zero attached hydrogens (tertiary/aromatic N) is 3. The maximum Gasteiger partial charge on any atom is 0.250 e. The second kappa shape index (κ2) is 8.42. The van der Waals surface area contributed by atoms with Gasteiger partial charge in [-0.05, 0) is 44.5 Å². The summed E-state index contributed by atoms with van der Waals surface area (Å²) in [7, 11) is 0. The van der Waals surface area contributed by atoms with Crippen LogP contribution in [0.25, 0.3) is 0 Å². The largest absolute Gasteiger partial charge is 0.367 e. The van der Waals surface area contributed by atoms with Gasteiger partial charge in [-0.2, -0.15) is 5.10 Å². The van der Waals surface area contributed by atoms with Gasteiger partial charge in [-0.1, -0.05) is 30.3 Å². The lowest BCUT2D eigenvalue weighted by Crippen LogP contribution is -2.58. The number of amides is 1. The Kier molecular flexibility index (Phi) is 6.19. The van der Waals surface area contributed by atoms with Crippen LogP contribution in [0.3, 0.4) is 0 Å². The number of hydrogen-bond acceptors (Lipinski definition) is 4. The maximum absolute atomic E-state index is 13.7. The fourth-order valence-electron chi connectivity index (χ4n) is 4.17. The molecule has 6 nitrogen and oxygen atoms in total. The van der Waals surface area contributed by atoms with Gasteiger partial charge in [-0.3, -0.25) is 9.48 Å². The number of carbonyl (C=O) groups is 1. The second-order valence-electron chi connectivity index (χ2n) is 7.29. The van der Waals surface area contributed by atoms with E-state index in [2.05, 4.69) is 22.5 Å². The molecule has 7 heteroatoms. The molecule has 0 aliphatic carbocycles. The summed E-state index contributed by atoms with van der Waals surface area (Å²) in [5, 5.41) is 7.80. The highest BCUT2D eigenvalue weighted by molar-refractivity contribution is 5.85. The molecule has 4 rings (SSSR count). The number of hydrogen-bond donors (Lipinski definition) is 1. The summed E-state index contributed by atoms with van der Waals surface area (Å²) in [6.45, 7) is 4.90. The van der Waals surface area contributed by atoms with Crippen molar-refractivity contribution >= 4 is 18.3 Å². The number of piperidine rings is 1. The Morgan fingerprint density at radius 1 is 1.19 bits per heavy atom. The number of carbonyl (C=O) groups excluding carboxylic acids is 1. The van der Waals surface area contributed by atoms with Crippen molar-refractivity contribution in [3.63, 3.8) is 0 Å². The number of ether oxygens (including phenoxy) is 1. The number of benzene rings is 1. The molecule has 27 heavy (non-hydrogen) atoms. The average molecular weight is 391 g/mol. The molecule has 1 aromatic heterocycles. The molecule has 0 spiro atoms. The molecule has 2 saturated heterocycles. The Balaban J connectivity index is 0.00000210. The Labute approximate surface area is 166 Å². The van der Waals surface area contributed by atoms with Crippen molar-refractivity contribution in [2.24, 2.45) is 0 Å². The molecule has 2 aromatic rings. The first-order chi connectivity index (χ1) is 12.7. The molecule has 1 N–H and O–H groups in total. The van der Waals surface area contributed by atoms with E-state index in [1.807, 2.05) is 47.0 Å². The van der Waals surface area contributed by atoms with E-state index < -0.39 is 5.54 Å². The number of aromatic nitrogens is 2. The molecular weight excluding hydrogens is 364 g/mol. The van der Waals surface area contributed by atoms with Crippen LogP contribution in [-0.4, -0.2) is 52.9 Å². The van der Waals surface area contributed by atoms with Crippen molar-refractivity contribution in [3.05, 3.63) is 54.4 Å². The number of morpholine rings is 1. The van der Waals surface area contributed by atoms with Gasteiger partial charge in [0.1, 0.15) is 11.6 Å². The fraction of sp³-hybridized carbons (Fsp3) is 0.500. The van der Waals surface area contributed by atoms with Gasteiger partial charge in [0.25, 0.3) is 5.91 Å². The van der Waals surface area contributed by atoms with Crippen LogP contribution in [0.1, 0.15) is 31.4 Å². The van der Waals surface area contributed by atoms with Crippen LogP contribution in [0.5, 0.6) is 0 Å². The van der Waals surface area contributed by atoms with Gasteiger partial charge in [0.15, 0.2) is 0 Å². The van der Waals surface area contributed by atoms with Crippen molar-refractivity contribution in [1.82, 2.24) is 20.0 Å². The summed E-state index contributed by atoms with van der Waals surface area (Å²) < 4.78 is 8.00. The van der Waals surface area contributed by atoms with Crippen LogP contribution >= 0.6 is 12.4 Å². The minimum absolute atomic E-state index is 0. The van der Waals surface area contributed by atoms with Gasteiger partial charge in [-0.25, -0.2) is 0 Å². The van der Waals surface area contributed by atoms with Crippen molar-refractivity contribution in [3.8, 4) is 0 Å². The average Bonchev–Trinajstić information content (AvgIpc) is 3.23. The van der Waals surface area contributed by atoms with Crippen LogP contribution in [0.4, 0.5) is 0 Å². The number of nitrogens with one attached hydrogen (secondary N) is 1. The third-order valence-electron chi connectivity index (χ3n) is 5.49. The predicted octanol–water partition coefficient (Wildman–Crippen LogP) is 2.37. The lowest BCUT2D eigenvalue weighted by atomic mass is 9.86. The van der Waals surface area contributed by atoms with E-state index >= 15 is 0 Å². The molecule has 0 bridgehead atoms. The zero-order valence-corrected chi connectivity index (χ0v) is 16.4. The van der Waals surface area contributed by atoms with Crippen molar-refractivity contribution < 1.29 is 9.53 Å². The molecule has 0 radical (unpaired) electrons. The molecule has 2 fully saturated rings. The molecule has 2 unspecified atom stereocenters. The quantitative estimate of drug-likeness (QED) is 0.874. The van der Waals surface area contributed by atoms with E-state index in [1.54, 1.807) is 6.20 Å². The van der Waals surface area contributed by atoms with E-state index in [0.29, 0.717) is 13.1 Å². The van der Waals surface area contributed by atoms with Crippen LogP contribution in [0.2, 0.25) is 0 Å². The zero-order chi connectivity index (χ0) is 18.0. The van der Waals surface area contributed by atoms with Gasteiger partial charge < -0.3 is 15.0 Å². The fourth-order valence-corrected chi connectivity index (χ4v) is 4.17. The molecule has 1 amide bonds. The molecule has 2 aliphatic rings. The first-order valence-corrected chi connectivity index (χ1v) is 9.40. The highest BCUT2D eigenvalue weighted by atomic mass is 35.5. The minimum Gasteiger partial charge on any atom is -0.367 e. The summed E-state index contributed by atoms with van der Waals surface area (Å²) >= 11 is 0. The minimum atomic E-state index is -0.590. The second-order valence-corrected chi connectivity index (χ2v) is 7.29. The van der Waals surface area contributed by atoms with Crippen LogP contribution in [0, 0.1) is 0 Å².